The normalized spacial score (nSPS) is 11.1. The maximum atomic E-state index is 13.7. The maximum Gasteiger partial charge on any atom is 0.189 e. The molecular formula is C17H17FN2O2. The second-order valence-electron chi connectivity index (χ2n) is 5.18. The van der Waals surface area contributed by atoms with Crippen LogP contribution < -0.4 is 10.7 Å². The van der Waals surface area contributed by atoms with Crippen LogP contribution in [-0.2, 0) is 13.0 Å². The van der Waals surface area contributed by atoms with Crippen molar-refractivity contribution >= 4 is 10.9 Å². The van der Waals surface area contributed by atoms with E-state index in [1.165, 1.54) is 12.1 Å². The third kappa shape index (κ3) is 3.26. The van der Waals surface area contributed by atoms with Crippen molar-refractivity contribution in [2.45, 2.75) is 19.4 Å². The van der Waals surface area contributed by atoms with Gasteiger partial charge in [-0.1, -0.05) is 6.07 Å². The molecule has 114 valence electrons. The largest absolute Gasteiger partial charge is 0.469 e. The highest BCUT2D eigenvalue weighted by Crippen LogP contribution is 2.12. The molecule has 2 heterocycles. The fourth-order valence-corrected chi connectivity index (χ4v) is 2.45. The Hall–Kier alpha value is -2.40. The molecule has 0 amide bonds. The van der Waals surface area contributed by atoms with Gasteiger partial charge in [-0.25, -0.2) is 4.39 Å². The highest BCUT2D eigenvalue weighted by molar-refractivity contribution is 5.78. The molecule has 1 aromatic carbocycles. The van der Waals surface area contributed by atoms with Gasteiger partial charge in [-0.2, -0.15) is 0 Å². The molecule has 3 aromatic rings. The Balaban J connectivity index is 1.60. The molecule has 0 radical (unpaired) electrons. The topological polar surface area (TPSA) is 58.0 Å². The van der Waals surface area contributed by atoms with E-state index in [0.29, 0.717) is 17.6 Å². The summed E-state index contributed by atoms with van der Waals surface area (Å²) in [5.41, 5.74) is 0.781. The van der Waals surface area contributed by atoms with Crippen molar-refractivity contribution in [2.24, 2.45) is 0 Å². The van der Waals surface area contributed by atoms with Crippen molar-refractivity contribution in [3.05, 3.63) is 70.2 Å². The predicted molar refractivity (Wildman–Crippen MR) is 83.3 cm³/mol. The number of benzene rings is 1. The third-order valence-electron chi connectivity index (χ3n) is 3.54. The SMILES string of the molecule is O=c1cc(CNCCCc2ccco2)[nH]c2c(F)cccc12. The van der Waals surface area contributed by atoms with E-state index >= 15 is 0 Å². The van der Waals surface area contributed by atoms with Gasteiger partial charge >= 0.3 is 0 Å². The van der Waals surface area contributed by atoms with Crippen LogP contribution in [0.3, 0.4) is 0 Å². The summed E-state index contributed by atoms with van der Waals surface area (Å²) in [5, 5.41) is 3.62. The first-order chi connectivity index (χ1) is 10.7. The van der Waals surface area contributed by atoms with Crippen LogP contribution in [0, 0.1) is 5.82 Å². The number of aromatic nitrogens is 1. The number of fused-ring (bicyclic) bond motifs is 1. The summed E-state index contributed by atoms with van der Waals surface area (Å²) in [6, 6.07) is 9.85. The van der Waals surface area contributed by atoms with Crippen molar-refractivity contribution in [1.29, 1.82) is 0 Å². The Kier molecular flexibility index (Phi) is 4.34. The lowest BCUT2D eigenvalue weighted by atomic mass is 10.2. The fourth-order valence-electron chi connectivity index (χ4n) is 2.45. The monoisotopic (exact) mass is 300 g/mol. The van der Waals surface area contributed by atoms with Crippen LogP contribution in [0.2, 0.25) is 0 Å². The van der Waals surface area contributed by atoms with Gasteiger partial charge in [0.15, 0.2) is 5.43 Å². The first-order valence-corrected chi connectivity index (χ1v) is 7.27. The van der Waals surface area contributed by atoms with E-state index in [-0.39, 0.29) is 10.9 Å². The van der Waals surface area contributed by atoms with Crippen molar-refractivity contribution in [2.75, 3.05) is 6.54 Å². The van der Waals surface area contributed by atoms with Gasteiger partial charge in [-0.15, -0.1) is 0 Å². The smallest absolute Gasteiger partial charge is 0.189 e. The van der Waals surface area contributed by atoms with Gasteiger partial charge in [0.05, 0.1) is 11.8 Å². The summed E-state index contributed by atoms with van der Waals surface area (Å²) >= 11 is 0. The van der Waals surface area contributed by atoms with Gasteiger partial charge < -0.3 is 14.7 Å². The van der Waals surface area contributed by atoms with E-state index in [9.17, 15) is 9.18 Å². The van der Waals surface area contributed by atoms with Crippen LogP contribution in [0.15, 0.2) is 51.9 Å². The minimum absolute atomic E-state index is 0.166. The van der Waals surface area contributed by atoms with Gasteiger partial charge in [0.1, 0.15) is 11.6 Å². The number of hydrogen-bond acceptors (Lipinski definition) is 3. The Morgan fingerprint density at radius 1 is 1.23 bits per heavy atom. The number of aromatic amines is 1. The predicted octanol–water partition coefficient (Wildman–Crippen LogP) is 2.98. The van der Waals surface area contributed by atoms with Gasteiger partial charge in [-0.05, 0) is 37.2 Å². The summed E-state index contributed by atoms with van der Waals surface area (Å²) in [6.07, 6.45) is 3.46. The van der Waals surface area contributed by atoms with Crippen LogP contribution in [0.4, 0.5) is 4.39 Å². The maximum absolute atomic E-state index is 13.7. The van der Waals surface area contributed by atoms with Gasteiger partial charge in [0.2, 0.25) is 0 Å². The van der Waals surface area contributed by atoms with Crippen molar-refractivity contribution in [1.82, 2.24) is 10.3 Å². The second-order valence-corrected chi connectivity index (χ2v) is 5.18. The standard InChI is InChI=1S/C17H17FN2O2/c18-15-7-1-6-14-16(21)10-12(20-17(14)15)11-19-8-2-4-13-5-3-9-22-13/h1,3,5-7,9-10,19H,2,4,8,11H2,(H,20,21). The molecule has 2 N–H and O–H groups in total. The van der Waals surface area contributed by atoms with Crippen molar-refractivity contribution in [3.8, 4) is 0 Å². The molecule has 5 heteroatoms. The highest BCUT2D eigenvalue weighted by Gasteiger charge is 2.06. The summed E-state index contributed by atoms with van der Waals surface area (Å²) in [4.78, 5) is 15.0. The number of aryl methyl sites for hydroxylation is 1. The molecule has 4 nitrogen and oxygen atoms in total. The molecule has 0 aliphatic carbocycles. The van der Waals surface area contributed by atoms with Crippen LogP contribution in [0.25, 0.3) is 10.9 Å². The lowest BCUT2D eigenvalue weighted by molar-refractivity contribution is 0.495. The number of nitrogens with one attached hydrogen (secondary N) is 2. The van der Waals surface area contributed by atoms with Crippen LogP contribution in [-0.4, -0.2) is 11.5 Å². The Morgan fingerprint density at radius 3 is 2.95 bits per heavy atom. The quantitative estimate of drug-likeness (QED) is 0.688. The van der Waals surface area contributed by atoms with E-state index in [2.05, 4.69) is 10.3 Å². The van der Waals surface area contributed by atoms with Crippen molar-refractivity contribution < 1.29 is 8.81 Å². The van der Waals surface area contributed by atoms with E-state index in [1.807, 2.05) is 12.1 Å². The molecule has 0 bridgehead atoms. The number of hydrogen-bond donors (Lipinski definition) is 2. The van der Waals surface area contributed by atoms with Gasteiger partial charge in [0, 0.05) is 30.1 Å². The third-order valence-corrected chi connectivity index (χ3v) is 3.54. The molecule has 0 saturated carbocycles. The minimum atomic E-state index is -0.408. The van der Waals surface area contributed by atoms with Crippen LogP contribution in [0.1, 0.15) is 17.9 Å². The van der Waals surface area contributed by atoms with E-state index < -0.39 is 5.82 Å². The molecule has 0 spiro atoms. The van der Waals surface area contributed by atoms with Crippen LogP contribution >= 0.6 is 0 Å². The first-order valence-electron chi connectivity index (χ1n) is 7.27. The molecule has 0 fully saturated rings. The van der Waals surface area contributed by atoms with E-state index in [1.54, 1.807) is 18.4 Å². The highest BCUT2D eigenvalue weighted by atomic mass is 19.1. The molecular weight excluding hydrogens is 283 g/mol. The summed E-state index contributed by atoms with van der Waals surface area (Å²) in [6.45, 7) is 1.29. The number of rotatable bonds is 6. The number of furan rings is 1. The molecule has 2 aromatic heterocycles. The number of halogens is 1. The Morgan fingerprint density at radius 2 is 2.14 bits per heavy atom. The first kappa shape index (κ1) is 14.5. The van der Waals surface area contributed by atoms with Crippen LogP contribution in [0.5, 0.6) is 0 Å². The van der Waals surface area contributed by atoms with Gasteiger partial charge in [0.25, 0.3) is 0 Å². The number of pyridine rings is 1. The molecule has 0 aliphatic rings. The molecule has 0 saturated heterocycles. The number of H-pyrrole nitrogens is 1. The summed E-state index contributed by atoms with van der Waals surface area (Å²) in [7, 11) is 0. The number of para-hydroxylation sites is 1. The lowest BCUT2D eigenvalue weighted by Gasteiger charge is -2.07. The van der Waals surface area contributed by atoms with Crippen molar-refractivity contribution in [3.63, 3.8) is 0 Å². The van der Waals surface area contributed by atoms with E-state index in [4.69, 9.17) is 4.42 Å². The molecule has 0 atom stereocenters. The average Bonchev–Trinajstić information content (AvgIpc) is 3.01. The molecule has 0 unspecified atom stereocenters. The summed E-state index contributed by atoms with van der Waals surface area (Å²) in [5.74, 6) is 0.553. The lowest BCUT2D eigenvalue weighted by Crippen LogP contribution is -2.18. The zero-order valence-corrected chi connectivity index (χ0v) is 12.1. The Labute approximate surface area is 127 Å². The zero-order valence-electron chi connectivity index (χ0n) is 12.1. The zero-order chi connectivity index (χ0) is 15.4. The molecule has 3 rings (SSSR count). The average molecular weight is 300 g/mol. The molecule has 22 heavy (non-hydrogen) atoms. The molecule has 0 aliphatic heterocycles. The fraction of sp³-hybridized carbons (Fsp3) is 0.235. The second kappa shape index (κ2) is 6.58. The van der Waals surface area contributed by atoms with Gasteiger partial charge in [-0.3, -0.25) is 4.79 Å². The minimum Gasteiger partial charge on any atom is -0.469 e. The summed E-state index contributed by atoms with van der Waals surface area (Å²) < 4.78 is 19.0. The Bertz CT molecular complexity index is 809. The van der Waals surface area contributed by atoms with E-state index in [0.717, 1.165) is 25.1 Å².